The average Bonchev–Trinajstić information content (AvgIpc) is 2.82. The number of carbonyl (C=O) groups is 2. The molecule has 1 saturated carbocycles. The van der Waals surface area contributed by atoms with Crippen LogP contribution in [0.3, 0.4) is 0 Å². The SMILES string of the molecule is CC1(C)[C@@H](C(=O)O)[C@@H]1C(=O)N1CCCCC1. The third-order valence-electron chi connectivity index (χ3n) is 4.03. The van der Waals surface area contributed by atoms with Gasteiger partial charge in [-0.2, -0.15) is 0 Å². The van der Waals surface area contributed by atoms with Gasteiger partial charge in [0, 0.05) is 13.1 Å². The van der Waals surface area contributed by atoms with Crippen molar-refractivity contribution in [2.45, 2.75) is 33.1 Å². The van der Waals surface area contributed by atoms with Gasteiger partial charge in [-0.3, -0.25) is 9.59 Å². The van der Waals surface area contributed by atoms with Gasteiger partial charge in [0.15, 0.2) is 0 Å². The van der Waals surface area contributed by atoms with Gasteiger partial charge in [-0.15, -0.1) is 0 Å². The zero-order valence-electron chi connectivity index (χ0n) is 9.90. The zero-order chi connectivity index (χ0) is 11.9. The number of nitrogens with zero attached hydrogens (tertiary/aromatic N) is 1. The number of aliphatic carboxylic acids is 1. The van der Waals surface area contributed by atoms with Gasteiger partial charge in [-0.05, 0) is 24.7 Å². The normalized spacial score (nSPS) is 32.2. The summed E-state index contributed by atoms with van der Waals surface area (Å²) in [5.41, 5.74) is -0.361. The number of carboxylic acids is 1. The molecule has 2 atom stereocenters. The fourth-order valence-electron chi connectivity index (χ4n) is 2.87. The van der Waals surface area contributed by atoms with Gasteiger partial charge in [0.05, 0.1) is 11.8 Å². The first-order chi connectivity index (χ1) is 7.46. The molecule has 1 heterocycles. The Morgan fingerprint density at radius 3 is 2.12 bits per heavy atom. The van der Waals surface area contributed by atoms with Crippen LogP contribution in [0.2, 0.25) is 0 Å². The lowest BCUT2D eigenvalue weighted by Gasteiger charge is -2.27. The fraction of sp³-hybridized carbons (Fsp3) is 0.833. The first kappa shape index (κ1) is 11.4. The molecule has 16 heavy (non-hydrogen) atoms. The van der Waals surface area contributed by atoms with Crippen LogP contribution >= 0.6 is 0 Å². The number of carbonyl (C=O) groups excluding carboxylic acids is 1. The lowest BCUT2D eigenvalue weighted by atomic mass is 10.1. The third-order valence-corrected chi connectivity index (χ3v) is 4.03. The highest BCUT2D eigenvalue weighted by Crippen LogP contribution is 2.59. The molecule has 2 fully saturated rings. The van der Waals surface area contributed by atoms with Crippen molar-refractivity contribution in [3.05, 3.63) is 0 Å². The monoisotopic (exact) mass is 225 g/mol. The molecule has 1 aliphatic heterocycles. The van der Waals surface area contributed by atoms with Gasteiger partial charge in [-0.25, -0.2) is 0 Å². The molecule has 0 radical (unpaired) electrons. The van der Waals surface area contributed by atoms with Crippen molar-refractivity contribution in [3.63, 3.8) is 0 Å². The second-order valence-corrected chi connectivity index (χ2v) is 5.50. The molecule has 1 N–H and O–H groups in total. The second-order valence-electron chi connectivity index (χ2n) is 5.50. The first-order valence-electron chi connectivity index (χ1n) is 5.98. The van der Waals surface area contributed by atoms with E-state index in [0.29, 0.717) is 0 Å². The van der Waals surface area contributed by atoms with Crippen molar-refractivity contribution in [1.29, 1.82) is 0 Å². The van der Waals surface area contributed by atoms with Crippen molar-refractivity contribution in [2.75, 3.05) is 13.1 Å². The fourth-order valence-corrected chi connectivity index (χ4v) is 2.87. The summed E-state index contributed by atoms with van der Waals surface area (Å²) in [4.78, 5) is 25.0. The van der Waals surface area contributed by atoms with Crippen molar-refractivity contribution in [1.82, 2.24) is 4.90 Å². The molecule has 1 saturated heterocycles. The minimum absolute atomic E-state index is 0.0529. The van der Waals surface area contributed by atoms with Gasteiger partial charge < -0.3 is 10.0 Å². The number of hydrogen-bond acceptors (Lipinski definition) is 2. The summed E-state index contributed by atoms with van der Waals surface area (Å²) in [5.74, 6) is -1.57. The van der Waals surface area contributed by atoms with Crippen molar-refractivity contribution < 1.29 is 14.7 Å². The summed E-state index contributed by atoms with van der Waals surface area (Å²) in [7, 11) is 0. The van der Waals surface area contributed by atoms with E-state index in [2.05, 4.69) is 0 Å². The molecule has 0 spiro atoms. The van der Waals surface area contributed by atoms with Gasteiger partial charge in [0.2, 0.25) is 5.91 Å². The Labute approximate surface area is 95.6 Å². The molecule has 0 aromatic carbocycles. The second kappa shape index (κ2) is 3.75. The minimum atomic E-state index is -0.833. The predicted molar refractivity (Wildman–Crippen MR) is 58.8 cm³/mol. The van der Waals surface area contributed by atoms with Crippen LogP contribution in [0.25, 0.3) is 0 Å². The van der Waals surface area contributed by atoms with Crippen LogP contribution < -0.4 is 0 Å². The van der Waals surface area contributed by atoms with Crippen LogP contribution in [0.4, 0.5) is 0 Å². The first-order valence-corrected chi connectivity index (χ1v) is 5.98. The molecule has 1 amide bonds. The standard InChI is InChI=1S/C12H19NO3/c1-12(2)8(9(12)11(15)16)10(14)13-6-4-3-5-7-13/h8-9H,3-7H2,1-2H3,(H,15,16)/t8-,9-/m1/s1. The highest BCUT2D eigenvalue weighted by atomic mass is 16.4. The van der Waals surface area contributed by atoms with Crippen LogP contribution in [0.1, 0.15) is 33.1 Å². The number of hydrogen-bond donors (Lipinski definition) is 1. The number of likely N-dealkylation sites (tertiary alicyclic amines) is 1. The van der Waals surface area contributed by atoms with E-state index < -0.39 is 11.9 Å². The Kier molecular flexibility index (Phi) is 2.68. The summed E-state index contributed by atoms with van der Waals surface area (Å²) < 4.78 is 0. The van der Waals surface area contributed by atoms with Crippen LogP contribution in [0.5, 0.6) is 0 Å². The minimum Gasteiger partial charge on any atom is -0.481 e. The van der Waals surface area contributed by atoms with Gasteiger partial charge in [0.1, 0.15) is 0 Å². The topological polar surface area (TPSA) is 57.6 Å². The molecule has 0 aromatic heterocycles. The van der Waals surface area contributed by atoms with E-state index in [1.807, 2.05) is 18.7 Å². The molecular weight excluding hydrogens is 206 g/mol. The molecule has 0 aromatic rings. The van der Waals surface area contributed by atoms with E-state index in [1.54, 1.807) is 0 Å². The highest BCUT2D eigenvalue weighted by Gasteiger charge is 2.66. The Balaban J connectivity index is 2.03. The van der Waals surface area contributed by atoms with Crippen molar-refractivity contribution >= 4 is 11.9 Å². The summed E-state index contributed by atoms with van der Waals surface area (Å²) >= 11 is 0. The summed E-state index contributed by atoms with van der Waals surface area (Å²) in [5, 5.41) is 9.04. The van der Waals surface area contributed by atoms with Crippen LogP contribution in [0.15, 0.2) is 0 Å². The van der Waals surface area contributed by atoms with E-state index in [4.69, 9.17) is 5.11 Å². The lowest BCUT2D eigenvalue weighted by molar-refractivity contribution is -0.142. The quantitative estimate of drug-likeness (QED) is 0.772. The summed E-state index contributed by atoms with van der Waals surface area (Å²) in [6.07, 6.45) is 3.29. The molecule has 4 nitrogen and oxygen atoms in total. The average molecular weight is 225 g/mol. The number of piperidine rings is 1. The highest BCUT2D eigenvalue weighted by molar-refractivity contribution is 5.91. The van der Waals surface area contributed by atoms with Crippen LogP contribution in [-0.4, -0.2) is 35.0 Å². The zero-order valence-corrected chi connectivity index (χ0v) is 9.90. The van der Waals surface area contributed by atoms with E-state index in [1.165, 1.54) is 6.42 Å². The molecule has 0 bridgehead atoms. The van der Waals surface area contributed by atoms with E-state index in [9.17, 15) is 9.59 Å². The van der Waals surface area contributed by atoms with Gasteiger partial charge >= 0.3 is 5.97 Å². The molecular formula is C12H19NO3. The molecule has 4 heteroatoms. The molecule has 0 unspecified atom stereocenters. The third kappa shape index (κ3) is 1.70. The maximum Gasteiger partial charge on any atom is 0.307 e. The molecule has 90 valence electrons. The Hall–Kier alpha value is -1.06. The van der Waals surface area contributed by atoms with E-state index >= 15 is 0 Å². The maximum absolute atomic E-state index is 12.2. The van der Waals surface area contributed by atoms with Gasteiger partial charge in [0.25, 0.3) is 0 Å². The molecule has 2 aliphatic rings. The largest absolute Gasteiger partial charge is 0.481 e. The number of rotatable bonds is 2. The maximum atomic E-state index is 12.2. The number of amides is 1. The van der Waals surface area contributed by atoms with Gasteiger partial charge in [-0.1, -0.05) is 13.8 Å². The Morgan fingerprint density at radius 1 is 1.12 bits per heavy atom. The molecule has 2 rings (SSSR count). The predicted octanol–water partition coefficient (Wildman–Crippen LogP) is 1.36. The Morgan fingerprint density at radius 2 is 1.69 bits per heavy atom. The summed E-state index contributed by atoms with van der Waals surface area (Å²) in [6.45, 7) is 5.35. The van der Waals surface area contributed by atoms with Crippen molar-refractivity contribution in [3.8, 4) is 0 Å². The molecule has 1 aliphatic carbocycles. The van der Waals surface area contributed by atoms with Crippen LogP contribution in [-0.2, 0) is 9.59 Å². The van der Waals surface area contributed by atoms with E-state index in [0.717, 1.165) is 25.9 Å². The smallest absolute Gasteiger partial charge is 0.307 e. The van der Waals surface area contributed by atoms with E-state index in [-0.39, 0.29) is 17.2 Å². The summed E-state index contributed by atoms with van der Waals surface area (Å²) in [6, 6.07) is 0. The number of carboxylic acid groups (broad SMARTS) is 1. The van der Waals surface area contributed by atoms with Crippen LogP contribution in [0, 0.1) is 17.3 Å². The Bertz CT molecular complexity index is 318. The van der Waals surface area contributed by atoms with Crippen molar-refractivity contribution in [2.24, 2.45) is 17.3 Å². The lowest BCUT2D eigenvalue weighted by Crippen LogP contribution is -2.37.